The van der Waals surface area contributed by atoms with Gasteiger partial charge in [-0.2, -0.15) is 0 Å². The molecule has 22 heavy (non-hydrogen) atoms. The van der Waals surface area contributed by atoms with E-state index in [4.69, 9.17) is 0 Å². The van der Waals surface area contributed by atoms with Gasteiger partial charge in [0.25, 0.3) is 5.56 Å². The molecule has 3 aromatic rings. The van der Waals surface area contributed by atoms with Gasteiger partial charge in [0, 0.05) is 31.4 Å². The van der Waals surface area contributed by atoms with Gasteiger partial charge in [0.1, 0.15) is 5.52 Å². The summed E-state index contributed by atoms with van der Waals surface area (Å²) in [5.41, 5.74) is 1.90. The third-order valence-corrected chi connectivity index (χ3v) is 3.51. The molecule has 0 fully saturated rings. The number of aromatic nitrogens is 3. The highest BCUT2D eigenvalue weighted by atomic mass is 16.2. The Labute approximate surface area is 127 Å². The second kappa shape index (κ2) is 5.63. The van der Waals surface area contributed by atoms with Gasteiger partial charge in [0.15, 0.2) is 5.65 Å². The second-order valence-electron chi connectivity index (χ2n) is 5.54. The Morgan fingerprint density at radius 1 is 1.27 bits per heavy atom. The van der Waals surface area contributed by atoms with Crippen molar-refractivity contribution < 1.29 is 4.79 Å². The Morgan fingerprint density at radius 3 is 2.82 bits per heavy atom. The largest absolute Gasteiger partial charge is 0.354 e. The van der Waals surface area contributed by atoms with Crippen LogP contribution in [0.5, 0.6) is 0 Å². The molecule has 1 amide bonds. The fourth-order valence-corrected chi connectivity index (χ4v) is 2.60. The molecule has 0 atom stereocenters. The lowest BCUT2D eigenvalue weighted by atomic mass is 10.3. The van der Waals surface area contributed by atoms with E-state index in [9.17, 15) is 9.59 Å². The van der Waals surface area contributed by atoms with Gasteiger partial charge in [-0.25, -0.2) is 4.98 Å². The lowest BCUT2D eigenvalue weighted by Gasteiger charge is -2.12. The average Bonchev–Trinajstić information content (AvgIpc) is 2.96. The monoisotopic (exact) mass is 298 g/mol. The maximum Gasteiger partial charge on any atom is 0.276 e. The number of aryl methyl sites for hydroxylation is 1. The second-order valence-corrected chi connectivity index (χ2v) is 5.54. The zero-order chi connectivity index (χ0) is 15.7. The number of carbonyl (C=O) groups is 1. The van der Waals surface area contributed by atoms with Crippen LogP contribution in [-0.2, 0) is 11.3 Å². The Kier molecular flexibility index (Phi) is 3.66. The maximum atomic E-state index is 12.6. The SMILES string of the molecule is CC(C)NC(=O)CCn1c(=O)c2cccn2c2cccnc21. The van der Waals surface area contributed by atoms with Crippen LogP contribution in [0, 0.1) is 0 Å². The number of nitrogens with one attached hydrogen (secondary N) is 1. The number of hydrogen-bond donors (Lipinski definition) is 1. The number of rotatable bonds is 4. The molecule has 1 N–H and O–H groups in total. The Morgan fingerprint density at radius 2 is 2.05 bits per heavy atom. The molecular weight excluding hydrogens is 280 g/mol. The van der Waals surface area contributed by atoms with Crippen molar-refractivity contribution in [3.63, 3.8) is 0 Å². The van der Waals surface area contributed by atoms with Gasteiger partial charge in [0.05, 0.1) is 5.52 Å². The lowest BCUT2D eigenvalue weighted by Crippen LogP contribution is -2.32. The summed E-state index contributed by atoms with van der Waals surface area (Å²) in [5.74, 6) is -0.0683. The van der Waals surface area contributed by atoms with Crippen LogP contribution in [0.2, 0.25) is 0 Å². The van der Waals surface area contributed by atoms with Gasteiger partial charge in [-0.05, 0) is 38.1 Å². The van der Waals surface area contributed by atoms with Crippen LogP contribution < -0.4 is 10.9 Å². The first kappa shape index (κ1) is 14.3. The van der Waals surface area contributed by atoms with Crippen molar-refractivity contribution in [1.29, 1.82) is 0 Å². The standard InChI is InChI=1S/C16H18N4O2/c1-11(2)18-14(21)7-10-20-15-12(5-3-8-17-15)19-9-4-6-13(19)16(20)22/h3-6,8-9,11H,7,10H2,1-2H3,(H,18,21). The zero-order valence-corrected chi connectivity index (χ0v) is 12.6. The molecular formula is C16H18N4O2. The predicted octanol–water partition coefficient (Wildman–Crippen LogP) is 1.56. The molecule has 0 bridgehead atoms. The van der Waals surface area contributed by atoms with Crippen LogP contribution >= 0.6 is 0 Å². The molecule has 0 aliphatic heterocycles. The van der Waals surface area contributed by atoms with E-state index in [-0.39, 0.29) is 23.9 Å². The molecule has 0 aliphatic rings. The summed E-state index contributed by atoms with van der Waals surface area (Å²) in [5, 5.41) is 2.83. The molecule has 3 rings (SSSR count). The van der Waals surface area contributed by atoms with Crippen LogP contribution in [0.1, 0.15) is 20.3 Å². The minimum Gasteiger partial charge on any atom is -0.354 e. The van der Waals surface area contributed by atoms with Crippen LogP contribution in [0.3, 0.4) is 0 Å². The van der Waals surface area contributed by atoms with E-state index in [0.29, 0.717) is 17.7 Å². The molecule has 114 valence electrons. The van der Waals surface area contributed by atoms with E-state index in [1.165, 1.54) is 0 Å². The molecule has 3 heterocycles. The van der Waals surface area contributed by atoms with Crippen molar-refractivity contribution in [2.24, 2.45) is 0 Å². The summed E-state index contributed by atoms with van der Waals surface area (Å²) in [6, 6.07) is 7.45. The minimum atomic E-state index is -0.131. The maximum absolute atomic E-state index is 12.6. The van der Waals surface area contributed by atoms with Gasteiger partial charge in [-0.1, -0.05) is 0 Å². The number of nitrogens with zero attached hydrogens (tertiary/aromatic N) is 3. The highest BCUT2D eigenvalue weighted by Crippen LogP contribution is 2.13. The topological polar surface area (TPSA) is 68.4 Å². The van der Waals surface area contributed by atoms with E-state index in [1.807, 2.05) is 42.6 Å². The van der Waals surface area contributed by atoms with E-state index >= 15 is 0 Å². The Hall–Kier alpha value is -2.63. The van der Waals surface area contributed by atoms with Crippen molar-refractivity contribution >= 4 is 22.6 Å². The molecule has 0 aliphatic carbocycles. The molecule has 0 saturated carbocycles. The highest BCUT2D eigenvalue weighted by Gasteiger charge is 2.12. The quantitative estimate of drug-likeness (QED) is 0.795. The highest BCUT2D eigenvalue weighted by molar-refractivity contribution is 5.77. The number of fused-ring (bicyclic) bond motifs is 3. The summed E-state index contributed by atoms with van der Waals surface area (Å²) in [7, 11) is 0. The van der Waals surface area contributed by atoms with E-state index in [0.717, 1.165) is 5.52 Å². The number of pyridine rings is 1. The van der Waals surface area contributed by atoms with Crippen molar-refractivity contribution in [3.8, 4) is 0 Å². The van der Waals surface area contributed by atoms with E-state index in [1.54, 1.807) is 16.8 Å². The lowest BCUT2D eigenvalue weighted by molar-refractivity contribution is -0.121. The Balaban J connectivity index is 2.05. The number of amides is 1. The number of hydrogen-bond acceptors (Lipinski definition) is 3. The van der Waals surface area contributed by atoms with Gasteiger partial charge in [-0.3, -0.25) is 14.2 Å². The molecule has 0 radical (unpaired) electrons. The molecule has 0 aromatic carbocycles. The van der Waals surface area contributed by atoms with Gasteiger partial charge >= 0.3 is 0 Å². The summed E-state index contributed by atoms with van der Waals surface area (Å²) in [4.78, 5) is 28.8. The first-order valence-electron chi connectivity index (χ1n) is 7.32. The molecule has 0 unspecified atom stereocenters. The van der Waals surface area contributed by atoms with Crippen LogP contribution in [0.15, 0.2) is 41.5 Å². The van der Waals surface area contributed by atoms with Crippen molar-refractivity contribution in [3.05, 3.63) is 47.0 Å². The van der Waals surface area contributed by atoms with Crippen molar-refractivity contribution in [2.75, 3.05) is 0 Å². The molecule has 6 heteroatoms. The van der Waals surface area contributed by atoms with Crippen LogP contribution in [0.4, 0.5) is 0 Å². The fourth-order valence-electron chi connectivity index (χ4n) is 2.60. The first-order chi connectivity index (χ1) is 10.6. The number of carbonyl (C=O) groups excluding carboxylic acids is 1. The van der Waals surface area contributed by atoms with E-state index < -0.39 is 0 Å². The summed E-state index contributed by atoms with van der Waals surface area (Å²) >= 11 is 0. The summed E-state index contributed by atoms with van der Waals surface area (Å²) < 4.78 is 3.40. The van der Waals surface area contributed by atoms with E-state index in [2.05, 4.69) is 10.3 Å². The Bertz CT molecular complexity index is 892. The third-order valence-electron chi connectivity index (χ3n) is 3.51. The molecule has 3 aromatic heterocycles. The first-order valence-corrected chi connectivity index (χ1v) is 7.32. The van der Waals surface area contributed by atoms with Gasteiger partial charge in [-0.15, -0.1) is 0 Å². The van der Waals surface area contributed by atoms with Crippen LogP contribution in [0.25, 0.3) is 16.7 Å². The smallest absolute Gasteiger partial charge is 0.276 e. The third kappa shape index (κ3) is 2.47. The van der Waals surface area contributed by atoms with Crippen molar-refractivity contribution in [2.45, 2.75) is 32.9 Å². The molecule has 0 saturated heterocycles. The molecule has 0 spiro atoms. The summed E-state index contributed by atoms with van der Waals surface area (Å²) in [6.07, 6.45) is 3.75. The van der Waals surface area contributed by atoms with Gasteiger partial charge in [0.2, 0.25) is 5.91 Å². The minimum absolute atomic E-state index is 0.0683. The zero-order valence-electron chi connectivity index (χ0n) is 12.6. The molecule has 6 nitrogen and oxygen atoms in total. The summed E-state index contributed by atoms with van der Waals surface area (Å²) in [6.45, 7) is 4.13. The van der Waals surface area contributed by atoms with Gasteiger partial charge < -0.3 is 9.72 Å². The van der Waals surface area contributed by atoms with Crippen molar-refractivity contribution in [1.82, 2.24) is 19.3 Å². The fraction of sp³-hybridized carbons (Fsp3) is 0.312. The van der Waals surface area contributed by atoms with Crippen LogP contribution in [-0.4, -0.2) is 25.9 Å². The predicted molar refractivity (Wildman–Crippen MR) is 84.9 cm³/mol. The average molecular weight is 298 g/mol. The normalized spacial score (nSPS) is 11.4.